The molecule has 5 heteroatoms. The number of hydrogen-bond donors (Lipinski definition) is 2. The molecule has 0 spiro atoms. The highest BCUT2D eigenvalue weighted by molar-refractivity contribution is 5.69. The summed E-state index contributed by atoms with van der Waals surface area (Å²) in [7, 11) is 0. The maximum atomic E-state index is 10.5. The van der Waals surface area contributed by atoms with Crippen molar-refractivity contribution in [3.8, 4) is 22.8 Å². The Morgan fingerprint density at radius 1 is 1.15 bits per heavy atom. The van der Waals surface area contributed by atoms with Gasteiger partial charge >= 0.3 is 0 Å². The van der Waals surface area contributed by atoms with Crippen LogP contribution in [-0.2, 0) is 0 Å². The Labute approximate surface area is 116 Å². The minimum atomic E-state index is 0.122. The van der Waals surface area contributed by atoms with Gasteiger partial charge in [-0.2, -0.15) is 10.2 Å². The molecule has 0 atom stereocenters. The number of nitrogens with zero attached hydrogens (tertiary/aromatic N) is 3. The number of aromatic amines is 1. The molecule has 0 aliphatic rings. The first-order valence-corrected chi connectivity index (χ1v) is 6.44. The second-order valence-electron chi connectivity index (χ2n) is 4.96. The van der Waals surface area contributed by atoms with Gasteiger partial charge in [0, 0.05) is 0 Å². The molecule has 5 nitrogen and oxygen atoms in total. The highest BCUT2D eigenvalue weighted by atomic mass is 16.3. The highest BCUT2D eigenvalue weighted by Crippen LogP contribution is 2.33. The van der Waals surface area contributed by atoms with Crippen LogP contribution < -0.4 is 0 Å². The van der Waals surface area contributed by atoms with Crippen molar-refractivity contribution < 1.29 is 5.11 Å². The van der Waals surface area contributed by atoms with E-state index in [2.05, 4.69) is 15.3 Å². The molecular formula is C15H16N4O. The van der Waals surface area contributed by atoms with Crippen LogP contribution in [0, 0.1) is 20.8 Å². The standard InChI is InChI=1S/C15H16N4O/c1-9-5-4-6-12(7-9)19-15(20)14(11(3)18-19)13-8-10(2)16-17-13/h4-8,20H,1-3H3,(H,16,17). The van der Waals surface area contributed by atoms with E-state index in [1.807, 2.05) is 51.1 Å². The lowest BCUT2D eigenvalue weighted by molar-refractivity contribution is 0.435. The van der Waals surface area contributed by atoms with Gasteiger partial charge in [-0.05, 0) is 44.5 Å². The number of aromatic nitrogens is 4. The number of benzene rings is 1. The van der Waals surface area contributed by atoms with Gasteiger partial charge in [0.1, 0.15) is 0 Å². The smallest absolute Gasteiger partial charge is 0.224 e. The Morgan fingerprint density at radius 3 is 2.60 bits per heavy atom. The molecule has 2 heterocycles. The van der Waals surface area contributed by atoms with Crippen molar-refractivity contribution >= 4 is 0 Å². The SMILES string of the molecule is Cc1cccc(-n2nc(C)c(-c3cc(C)n[nH]3)c2O)c1. The summed E-state index contributed by atoms with van der Waals surface area (Å²) in [5.41, 5.74) is 5.06. The fraction of sp³-hybridized carbons (Fsp3) is 0.200. The van der Waals surface area contributed by atoms with Gasteiger partial charge in [0.15, 0.2) is 0 Å². The summed E-state index contributed by atoms with van der Waals surface area (Å²) < 4.78 is 1.55. The van der Waals surface area contributed by atoms with Crippen LogP contribution in [0.2, 0.25) is 0 Å². The third kappa shape index (κ3) is 1.97. The molecule has 102 valence electrons. The van der Waals surface area contributed by atoms with E-state index in [0.29, 0.717) is 5.56 Å². The van der Waals surface area contributed by atoms with Gasteiger partial charge in [-0.15, -0.1) is 0 Å². The molecule has 0 fully saturated rings. The van der Waals surface area contributed by atoms with Crippen molar-refractivity contribution in [2.75, 3.05) is 0 Å². The van der Waals surface area contributed by atoms with Crippen LogP contribution in [0.3, 0.4) is 0 Å². The fourth-order valence-corrected chi connectivity index (χ4v) is 2.32. The molecule has 0 bridgehead atoms. The van der Waals surface area contributed by atoms with E-state index in [1.54, 1.807) is 4.68 Å². The van der Waals surface area contributed by atoms with Crippen molar-refractivity contribution in [2.24, 2.45) is 0 Å². The molecule has 2 aromatic heterocycles. The molecule has 0 unspecified atom stereocenters. The van der Waals surface area contributed by atoms with E-state index < -0.39 is 0 Å². The van der Waals surface area contributed by atoms with Crippen LogP contribution in [0.25, 0.3) is 16.9 Å². The Bertz CT molecular complexity index is 770. The van der Waals surface area contributed by atoms with Crippen LogP contribution >= 0.6 is 0 Å². The minimum absolute atomic E-state index is 0.122. The monoisotopic (exact) mass is 268 g/mol. The van der Waals surface area contributed by atoms with E-state index in [4.69, 9.17) is 0 Å². The molecule has 3 rings (SSSR count). The molecule has 2 N–H and O–H groups in total. The van der Waals surface area contributed by atoms with Crippen molar-refractivity contribution in [1.29, 1.82) is 0 Å². The van der Waals surface area contributed by atoms with Crippen molar-refractivity contribution in [3.63, 3.8) is 0 Å². The van der Waals surface area contributed by atoms with Crippen LogP contribution in [0.15, 0.2) is 30.3 Å². The number of aromatic hydroxyl groups is 1. The first-order chi connectivity index (χ1) is 9.56. The normalized spacial score (nSPS) is 10.9. The van der Waals surface area contributed by atoms with E-state index in [1.165, 1.54) is 0 Å². The lowest BCUT2D eigenvalue weighted by atomic mass is 10.2. The van der Waals surface area contributed by atoms with Crippen molar-refractivity contribution in [3.05, 3.63) is 47.3 Å². The number of hydrogen-bond acceptors (Lipinski definition) is 3. The molecule has 1 aromatic carbocycles. The van der Waals surface area contributed by atoms with Gasteiger partial charge < -0.3 is 5.11 Å². The Kier molecular flexibility index (Phi) is 2.82. The summed E-state index contributed by atoms with van der Waals surface area (Å²) >= 11 is 0. The second-order valence-corrected chi connectivity index (χ2v) is 4.96. The molecule has 20 heavy (non-hydrogen) atoms. The van der Waals surface area contributed by atoms with E-state index >= 15 is 0 Å². The number of rotatable bonds is 2. The van der Waals surface area contributed by atoms with Crippen LogP contribution in [0.1, 0.15) is 17.0 Å². The summed E-state index contributed by atoms with van der Waals surface area (Å²) in [5.74, 6) is 0.122. The predicted molar refractivity (Wildman–Crippen MR) is 77.0 cm³/mol. The Morgan fingerprint density at radius 2 is 1.95 bits per heavy atom. The number of nitrogens with one attached hydrogen (secondary N) is 1. The van der Waals surface area contributed by atoms with Crippen molar-refractivity contribution in [1.82, 2.24) is 20.0 Å². The first-order valence-electron chi connectivity index (χ1n) is 6.44. The highest BCUT2D eigenvalue weighted by Gasteiger charge is 2.18. The molecule has 0 radical (unpaired) electrons. The summed E-state index contributed by atoms with van der Waals surface area (Å²) in [6.45, 7) is 5.78. The van der Waals surface area contributed by atoms with Crippen molar-refractivity contribution in [2.45, 2.75) is 20.8 Å². The minimum Gasteiger partial charge on any atom is -0.493 e. The zero-order chi connectivity index (χ0) is 14.3. The number of H-pyrrole nitrogens is 1. The quantitative estimate of drug-likeness (QED) is 0.751. The summed E-state index contributed by atoms with van der Waals surface area (Å²) in [6.07, 6.45) is 0. The lowest BCUT2D eigenvalue weighted by Crippen LogP contribution is -1.96. The van der Waals surface area contributed by atoms with Crippen LogP contribution in [0.4, 0.5) is 0 Å². The molecule has 0 aliphatic heterocycles. The first kappa shape index (κ1) is 12.5. The third-order valence-corrected chi connectivity index (χ3v) is 3.26. The molecule has 0 saturated heterocycles. The third-order valence-electron chi connectivity index (χ3n) is 3.26. The molecule has 3 aromatic rings. The van der Waals surface area contributed by atoms with Gasteiger partial charge in [0.25, 0.3) is 0 Å². The van der Waals surface area contributed by atoms with Gasteiger partial charge in [-0.3, -0.25) is 5.10 Å². The largest absolute Gasteiger partial charge is 0.493 e. The lowest BCUT2D eigenvalue weighted by Gasteiger charge is -2.04. The molecule has 0 amide bonds. The maximum absolute atomic E-state index is 10.5. The zero-order valence-corrected chi connectivity index (χ0v) is 11.7. The second kappa shape index (κ2) is 4.52. The maximum Gasteiger partial charge on any atom is 0.224 e. The molecule has 0 saturated carbocycles. The predicted octanol–water partition coefficient (Wildman–Crippen LogP) is 2.89. The van der Waals surface area contributed by atoms with Crippen LogP contribution in [0.5, 0.6) is 5.88 Å². The van der Waals surface area contributed by atoms with Crippen LogP contribution in [-0.4, -0.2) is 25.1 Å². The molecular weight excluding hydrogens is 252 g/mol. The number of aryl methyl sites for hydroxylation is 3. The summed E-state index contributed by atoms with van der Waals surface area (Å²) in [6, 6.07) is 9.75. The van der Waals surface area contributed by atoms with Gasteiger partial charge in [0.05, 0.1) is 28.3 Å². The van der Waals surface area contributed by atoms with E-state index in [0.717, 1.165) is 28.3 Å². The fourth-order valence-electron chi connectivity index (χ4n) is 2.32. The van der Waals surface area contributed by atoms with Gasteiger partial charge in [-0.25, -0.2) is 4.68 Å². The zero-order valence-electron chi connectivity index (χ0n) is 11.7. The Balaban J connectivity index is 2.16. The molecule has 0 aliphatic carbocycles. The topological polar surface area (TPSA) is 66.7 Å². The van der Waals surface area contributed by atoms with Gasteiger partial charge in [-0.1, -0.05) is 12.1 Å². The summed E-state index contributed by atoms with van der Waals surface area (Å²) in [4.78, 5) is 0. The summed E-state index contributed by atoms with van der Waals surface area (Å²) in [5, 5.41) is 21.9. The average molecular weight is 268 g/mol. The van der Waals surface area contributed by atoms with E-state index in [-0.39, 0.29) is 5.88 Å². The van der Waals surface area contributed by atoms with E-state index in [9.17, 15) is 5.11 Å². The average Bonchev–Trinajstić information content (AvgIpc) is 2.93. The Hall–Kier alpha value is -2.56. The van der Waals surface area contributed by atoms with Gasteiger partial charge in [0.2, 0.25) is 5.88 Å².